The Bertz CT molecular complexity index is 563. The molecule has 0 aliphatic heterocycles. The topological polar surface area (TPSA) is 68.7 Å². The Morgan fingerprint density at radius 2 is 2.33 bits per heavy atom. The number of amides is 1. The van der Waals surface area contributed by atoms with Crippen molar-refractivity contribution in [1.82, 2.24) is 10.3 Å². The van der Waals surface area contributed by atoms with Crippen molar-refractivity contribution in [1.29, 1.82) is 5.26 Å². The van der Waals surface area contributed by atoms with Crippen molar-refractivity contribution in [3.8, 4) is 6.07 Å². The number of para-hydroxylation sites is 1. The molecule has 2 rings (SSSR count). The fraction of sp³-hybridized carbons (Fsp3) is 0.0909. The number of benzene rings is 1. The first-order valence-corrected chi connectivity index (χ1v) is 4.50. The second-order valence-electron chi connectivity index (χ2n) is 3.12. The van der Waals surface area contributed by atoms with E-state index in [0.717, 1.165) is 5.39 Å². The lowest BCUT2D eigenvalue weighted by Gasteiger charge is -2.00. The lowest BCUT2D eigenvalue weighted by molar-refractivity contribution is 0.0964. The minimum atomic E-state index is -0.160. The summed E-state index contributed by atoms with van der Waals surface area (Å²) in [4.78, 5) is 14.5. The van der Waals surface area contributed by atoms with Gasteiger partial charge in [-0.1, -0.05) is 12.1 Å². The molecule has 2 aromatic rings. The summed E-state index contributed by atoms with van der Waals surface area (Å²) in [6.45, 7) is 0. The number of hydrogen-bond donors (Lipinski definition) is 2. The van der Waals surface area contributed by atoms with Crippen molar-refractivity contribution in [2.24, 2.45) is 0 Å². The first-order chi connectivity index (χ1) is 7.27. The third kappa shape index (κ3) is 1.34. The molecule has 15 heavy (non-hydrogen) atoms. The number of nitrogens with zero attached hydrogens (tertiary/aromatic N) is 1. The molecule has 1 heterocycles. The Morgan fingerprint density at radius 3 is 3.00 bits per heavy atom. The number of aromatic amines is 1. The largest absolute Gasteiger partial charge is 0.359 e. The third-order valence-electron chi connectivity index (χ3n) is 2.31. The number of hydrogen-bond acceptors (Lipinski definition) is 2. The van der Waals surface area contributed by atoms with Gasteiger partial charge >= 0.3 is 0 Å². The van der Waals surface area contributed by atoms with Crippen LogP contribution in [0.4, 0.5) is 0 Å². The highest BCUT2D eigenvalue weighted by molar-refractivity contribution is 6.06. The van der Waals surface area contributed by atoms with Crippen LogP contribution >= 0.6 is 0 Å². The Balaban J connectivity index is 2.74. The number of nitriles is 1. The molecule has 74 valence electrons. The van der Waals surface area contributed by atoms with Gasteiger partial charge in [-0.05, 0) is 6.07 Å². The quantitative estimate of drug-likeness (QED) is 0.728. The molecule has 0 fully saturated rings. The van der Waals surface area contributed by atoms with Gasteiger partial charge in [0.15, 0.2) is 0 Å². The molecule has 1 aromatic carbocycles. The first kappa shape index (κ1) is 9.28. The maximum absolute atomic E-state index is 11.5. The van der Waals surface area contributed by atoms with Gasteiger partial charge in [0.2, 0.25) is 0 Å². The fourth-order valence-corrected chi connectivity index (χ4v) is 1.57. The number of rotatable bonds is 1. The Hall–Kier alpha value is -2.28. The van der Waals surface area contributed by atoms with Gasteiger partial charge < -0.3 is 10.3 Å². The minimum Gasteiger partial charge on any atom is -0.359 e. The van der Waals surface area contributed by atoms with Gasteiger partial charge in [0.25, 0.3) is 5.91 Å². The number of H-pyrrole nitrogens is 1. The molecule has 1 aromatic heterocycles. The Kier molecular flexibility index (Phi) is 2.14. The van der Waals surface area contributed by atoms with Gasteiger partial charge in [0, 0.05) is 18.6 Å². The molecule has 0 radical (unpaired) electrons. The first-order valence-electron chi connectivity index (χ1n) is 4.50. The van der Waals surface area contributed by atoms with Crippen LogP contribution in [0.15, 0.2) is 24.4 Å². The molecule has 0 spiro atoms. The molecule has 0 saturated carbocycles. The van der Waals surface area contributed by atoms with Gasteiger partial charge in [-0.15, -0.1) is 0 Å². The molecule has 0 atom stereocenters. The van der Waals surface area contributed by atoms with Crippen LogP contribution in [0.2, 0.25) is 0 Å². The summed E-state index contributed by atoms with van der Waals surface area (Å²) in [7, 11) is 1.58. The highest BCUT2D eigenvalue weighted by atomic mass is 16.1. The van der Waals surface area contributed by atoms with Gasteiger partial charge in [0.05, 0.1) is 16.6 Å². The third-order valence-corrected chi connectivity index (χ3v) is 2.31. The van der Waals surface area contributed by atoms with Crippen molar-refractivity contribution < 1.29 is 4.79 Å². The summed E-state index contributed by atoms with van der Waals surface area (Å²) in [6.07, 6.45) is 1.61. The van der Waals surface area contributed by atoms with Gasteiger partial charge in [-0.3, -0.25) is 4.79 Å². The lowest BCUT2D eigenvalue weighted by atomic mass is 10.1. The van der Waals surface area contributed by atoms with Gasteiger partial charge in [-0.2, -0.15) is 5.26 Å². The second-order valence-corrected chi connectivity index (χ2v) is 3.12. The molecule has 4 heteroatoms. The predicted octanol–water partition coefficient (Wildman–Crippen LogP) is 1.40. The van der Waals surface area contributed by atoms with Crippen LogP contribution in [0, 0.1) is 11.3 Å². The van der Waals surface area contributed by atoms with Crippen LogP contribution in [0.3, 0.4) is 0 Å². The summed E-state index contributed by atoms with van der Waals surface area (Å²) in [5.74, 6) is -0.160. The maximum Gasteiger partial charge on any atom is 0.253 e. The van der Waals surface area contributed by atoms with Crippen LogP contribution in [0.5, 0.6) is 0 Å². The molecular weight excluding hydrogens is 190 g/mol. The zero-order chi connectivity index (χ0) is 10.8. The lowest BCUT2D eigenvalue weighted by Crippen LogP contribution is -2.18. The molecule has 0 bridgehead atoms. The van der Waals surface area contributed by atoms with Crippen LogP contribution < -0.4 is 5.32 Å². The van der Waals surface area contributed by atoms with Crippen molar-refractivity contribution in [3.05, 3.63) is 35.5 Å². The molecule has 1 amide bonds. The van der Waals surface area contributed by atoms with E-state index in [1.807, 2.05) is 6.07 Å². The van der Waals surface area contributed by atoms with Crippen LogP contribution in [0.1, 0.15) is 15.9 Å². The van der Waals surface area contributed by atoms with E-state index in [1.165, 1.54) is 0 Å². The number of fused-ring (bicyclic) bond motifs is 1. The van der Waals surface area contributed by atoms with Crippen molar-refractivity contribution in [2.75, 3.05) is 7.05 Å². The van der Waals surface area contributed by atoms with E-state index in [9.17, 15) is 4.79 Å². The van der Waals surface area contributed by atoms with E-state index >= 15 is 0 Å². The Morgan fingerprint density at radius 1 is 1.53 bits per heavy atom. The molecule has 0 aliphatic rings. The second kappa shape index (κ2) is 3.46. The maximum atomic E-state index is 11.5. The van der Waals surface area contributed by atoms with Gasteiger partial charge in [-0.25, -0.2) is 0 Å². The highest BCUT2D eigenvalue weighted by Gasteiger charge is 2.11. The van der Waals surface area contributed by atoms with Crippen molar-refractivity contribution in [3.63, 3.8) is 0 Å². The average molecular weight is 199 g/mol. The molecule has 0 saturated heterocycles. The van der Waals surface area contributed by atoms with E-state index in [2.05, 4.69) is 16.4 Å². The summed E-state index contributed by atoms with van der Waals surface area (Å²) in [6, 6.07) is 7.37. The van der Waals surface area contributed by atoms with E-state index in [1.54, 1.807) is 25.4 Å². The minimum absolute atomic E-state index is 0.160. The number of aromatic nitrogens is 1. The highest BCUT2D eigenvalue weighted by Crippen LogP contribution is 2.20. The van der Waals surface area contributed by atoms with E-state index in [4.69, 9.17) is 5.26 Å². The van der Waals surface area contributed by atoms with Crippen LogP contribution in [-0.2, 0) is 0 Å². The molecule has 4 nitrogen and oxygen atoms in total. The zero-order valence-corrected chi connectivity index (χ0v) is 8.16. The van der Waals surface area contributed by atoms with Gasteiger partial charge in [0.1, 0.15) is 6.07 Å². The fourth-order valence-electron chi connectivity index (χ4n) is 1.57. The number of carbonyl (C=O) groups is 1. The molecule has 0 aliphatic carbocycles. The summed E-state index contributed by atoms with van der Waals surface area (Å²) >= 11 is 0. The molecular formula is C11H9N3O. The summed E-state index contributed by atoms with van der Waals surface area (Å²) < 4.78 is 0. The standard InChI is InChI=1S/C11H9N3O/c1-13-11(15)9-4-2-3-8-7(5-12)6-14-10(8)9/h2-4,6,14H,1H3,(H,13,15). The molecule has 2 N–H and O–H groups in total. The zero-order valence-electron chi connectivity index (χ0n) is 8.16. The predicted molar refractivity (Wildman–Crippen MR) is 56.4 cm³/mol. The molecule has 0 unspecified atom stereocenters. The summed E-state index contributed by atoms with van der Waals surface area (Å²) in [5.41, 5.74) is 1.81. The van der Waals surface area contributed by atoms with Crippen LogP contribution in [0.25, 0.3) is 10.9 Å². The smallest absolute Gasteiger partial charge is 0.253 e. The SMILES string of the molecule is CNC(=O)c1cccc2c(C#N)c[nH]c12. The normalized spacial score (nSPS) is 9.87. The Labute approximate surface area is 86.5 Å². The van der Waals surface area contributed by atoms with Crippen molar-refractivity contribution in [2.45, 2.75) is 0 Å². The van der Waals surface area contributed by atoms with Crippen molar-refractivity contribution >= 4 is 16.8 Å². The monoisotopic (exact) mass is 199 g/mol. The van der Waals surface area contributed by atoms with E-state index in [0.29, 0.717) is 16.6 Å². The number of nitrogens with one attached hydrogen (secondary N) is 2. The van der Waals surface area contributed by atoms with Crippen LogP contribution in [-0.4, -0.2) is 17.9 Å². The number of carbonyl (C=O) groups excluding carboxylic acids is 1. The van der Waals surface area contributed by atoms with E-state index in [-0.39, 0.29) is 5.91 Å². The van der Waals surface area contributed by atoms with E-state index < -0.39 is 0 Å². The summed E-state index contributed by atoms with van der Waals surface area (Å²) in [5, 5.41) is 12.2. The average Bonchev–Trinajstić information content (AvgIpc) is 2.70.